The normalized spacial score (nSPS) is 20.6. The third kappa shape index (κ3) is 3.78. The summed E-state index contributed by atoms with van der Waals surface area (Å²) in [7, 11) is 0. The predicted octanol–water partition coefficient (Wildman–Crippen LogP) is 1.79. The van der Waals surface area contributed by atoms with Crippen molar-refractivity contribution in [3.8, 4) is 0 Å². The summed E-state index contributed by atoms with van der Waals surface area (Å²) in [6.45, 7) is 9.24. The Morgan fingerprint density at radius 2 is 2.12 bits per heavy atom. The van der Waals surface area contributed by atoms with E-state index in [0.29, 0.717) is 17.6 Å². The number of aromatic nitrogens is 2. The fourth-order valence-corrected chi connectivity index (χ4v) is 1.72. The second-order valence-electron chi connectivity index (χ2n) is 4.56. The smallest absolute Gasteiger partial charge is 0.258 e. The van der Waals surface area contributed by atoms with Gasteiger partial charge in [0.1, 0.15) is 5.60 Å². The van der Waals surface area contributed by atoms with Gasteiger partial charge in [0.15, 0.2) is 5.82 Å². The van der Waals surface area contributed by atoms with Crippen molar-refractivity contribution >= 4 is 0 Å². The number of nitrogens with one attached hydrogen (secondary N) is 1. The lowest BCUT2D eigenvalue weighted by Gasteiger charge is -2.19. The Hall–Kier alpha value is -0.940. The molecule has 2 rings (SSSR count). The molecule has 2 heterocycles. The number of hydrogen-bond acceptors (Lipinski definition) is 5. The number of aliphatic hydroxyl groups is 1. The van der Waals surface area contributed by atoms with Crippen molar-refractivity contribution in [2.75, 3.05) is 13.1 Å². The Bertz CT molecular complexity index is 325. The average molecular weight is 241 g/mol. The highest BCUT2D eigenvalue weighted by molar-refractivity contribution is 5.01. The average Bonchev–Trinajstić information content (AvgIpc) is 2.82. The Kier molecular flexibility index (Phi) is 5.08. The molecule has 0 amide bonds. The Labute approximate surface area is 103 Å². The molecule has 0 radical (unpaired) electrons. The molecule has 0 spiro atoms. The molecular formula is C12H23N3O2. The molecule has 98 valence electrons. The van der Waals surface area contributed by atoms with Crippen LogP contribution >= 0.6 is 0 Å². The van der Waals surface area contributed by atoms with Crippen LogP contribution in [0, 0.1) is 0 Å². The van der Waals surface area contributed by atoms with Gasteiger partial charge in [-0.1, -0.05) is 19.0 Å². The maximum Gasteiger partial charge on any atom is 0.258 e. The number of hydrogen-bond donors (Lipinski definition) is 2. The molecule has 2 N–H and O–H groups in total. The summed E-state index contributed by atoms with van der Waals surface area (Å²) in [4.78, 5) is 4.24. The Balaban J connectivity index is 0.000000686. The zero-order valence-electron chi connectivity index (χ0n) is 11.2. The molecule has 0 saturated carbocycles. The first-order valence-electron chi connectivity index (χ1n) is 6.34. The van der Waals surface area contributed by atoms with Gasteiger partial charge in [-0.05, 0) is 33.2 Å². The van der Waals surface area contributed by atoms with E-state index in [1.165, 1.54) is 0 Å². The first-order valence-corrected chi connectivity index (χ1v) is 6.34. The highest BCUT2D eigenvalue weighted by atomic mass is 16.5. The van der Waals surface area contributed by atoms with Gasteiger partial charge in [0.05, 0.1) is 0 Å². The molecule has 1 fully saturated rings. The fourth-order valence-electron chi connectivity index (χ4n) is 1.72. The minimum atomic E-state index is -1.05. The molecule has 0 aromatic carbocycles. The summed E-state index contributed by atoms with van der Waals surface area (Å²) in [5.41, 5.74) is -1.05. The second kappa shape index (κ2) is 6.12. The van der Waals surface area contributed by atoms with Crippen molar-refractivity contribution in [1.82, 2.24) is 15.5 Å². The van der Waals surface area contributed by atoms with E-state index in [1.807, 2.05) is 13.8 Å². The number of nitrogens with zero attached hydrogens (tertiary/aromatic N) is 2. The Morgan fingerprint density at radius 1 is 1.41 bits per heavy atom. The lowest BCUT2D eigenvalue weighted by atomic mass is 9.99. The quantitative estimate of drug-likeness (QED) is 0.826. The van der Waals surface area contributed by atoms with E-state index in [0.717, 1.165) is 25.9 Å². The number of piperidine rings is 1. The van der Waals surface area contributed by atoms with E-state index < -0.39 is 5.60 Å². The summed E-state index contributed by atoms with van der Waals surface area (Å²) in [5, 5.41) is 16.9. The van der Waals surface area contributed by atoms with Crippen LogP contribution in [0.5, 0.6) is 0 Å². The van der Waals surface area contributed by atoms with E-state index in [-0.39, 0.29) is 0 Å². The summed E-state index contributed by atoms with van der Waals surface area (Å²) >= 11 is 0. The van der Waals surface area contributed by atoms with Gasteiger partial charge >= 0.3 is 0 Å². The molecule has 17 heavy (non-hydrogen) atoms. The molecule has 0 aliphatic carbocycles. The van der Waals surface area contributed by atoms with Crippen molar-refractivity contribution in [3.05, 3.63) is 11.7 Å². The summed E-state index contributed by atoms with van der Waals surface area (Å²) in [6, 6.07) is 0. The molecule has 1 aromatic heterocycles. The van der Waals surface area contributed by atoms with Crippen LogP contribution in [0.1, 0.15) is 58.2 Å². The van der Waals surface area contributed by atoms with Crippen LogP contribution in [0.4, 0.5) is 0 Å². The van der Waals surface area contributed by atoms with Crippen LogP contribution in [0.3, 0.4) is 0 Å². The molecule has 5 heteroatoms. The van der Waals surface area contributed by atoms with Crippen molar-refractivity contribution in [3.63, 3.8) is 0 Å². The molecule has 1 saturated heterocycles. The lowest BCUT2D eigenvalue weighted by molar-refractivity contribution is 0.0420. The molecule has 1 unspecified atom stereocenters. The molecule has 1 aliphatic rings. The third-order valence-corrected chi connectivity index (χ3v) is 2.63. The minimum Gasteiger partial charge on any atom is -0.381 e. The van der Waals surface area contributed by atoms with Crippen LogP contribution in [-0.4, -0.2) is 28.3 Å². The first kappa shape index (κ1) is 14.1. The van der Waals surface area contributed by atoms with Gasteiger partial charge in [-0.2, -0.15) is 4.98 Å². The van der Waals surface area contributed by atoms with Crippen LogP contribution in [0.25, 0.3) is 0 Å². The molecule has 1 aromatic rings. The van der Waals surface area contributed by atoms with Crippen molar-refractivity contribution in [1.29, 1.82) is 0 Å². The minimum absolute atomic E-state index is 0.295. The van der Waals surface area contributed by atoms with Gasteiger partial charge in [0, 0.05) is 12.5 Å². The molecule has 5 nitrogen and oxygen atoms in total. The van der Waals surface area contributed by atoms with Gasteiger partial charge < -0.3 is 14.9 Å². The van der Waals surface area contributed by atoms with Crippen molar-refractivity contribution in [2.24, 2.45) is 0 Å². The maximum absolute atomic E-state index is 9.69. The monoisotopic (exact) mass is 241 g/mol. The van der Waals surface area contributed by atoms with Crippen molar-refractivity contribution in [2.45, 2.75) is 52.1 Å². The van der Waals surface area contributed by atoms with Crippen LogP contribution in [-0.2, 0) is 5.60 Å². The summed E-state index contributed by atoms with van der Waals surface area (Å²) in [5.74, 6) is 1.32. The standard InChI is InChI=1S/C10H17N3O2.C2H6/c1-10(2,14)9-12-8(13-15-9)7-4-3-5-11-6-7;1-2/h7,11,14H,3-6H2,1-2H3;1-2H3. The lowest BCUT2D eigenvalue weighted by Crippen LogP contribution is -2.29. The maximum atomic E-state index is 9.69. The second-order valence-corrected chi connectivity index (χ2v) is 4.56. The highest BCUT2D eigenvalue weighted by Gasteiger charge is 2.27. The topological polar surface area (TPSA) is 71.2 Å². The zero-order chi connectivity index (χ0) is 12.9. The van der Waals surface area contributed by atoms with E-state index in [4.69, 9.17) is 4.52 Å². The molecular weight excluding hydrogens is 218 g/mol. The van der Waals surface area contributed by atoms with Gasteiger partial charge in [-0.15, -0.1) is 0 Å². The zero-order valence-corrected chi connectivity index (χ0v) is 11.2. The fraction of sp³-hybridized carbons (Fsp3) is 0.833. The largest absolute Gasteiger partial charge is 0.381 e. The van der Waals surface area contributed by atoms with E-state index in [1.54, 1.807) is 13.8 Å². The van der Waals surface area contributed by atoms with Crippen LogP contribution in [0.15, 0.2) is 4.52 Å². The van der Waals surface area contributed by atoms with E-state index in [2.05, 4.69) is 15.5 Å². The summed E-state index contributed by atoms with van der Waals surface area (Å²) in [6.07, 6.45) is 2.22. The summed E-state index contributed by atoms with van der Waals surface area (Å²) < 4.78 is 5.04. The van der Waals surface area contributed by atoms with Gasteiger partial charge in [-0.3, -0.25) is 0 Å². The molecule has 1 atom stereocenters. The number of rotatable bonds is 2. The molecule has 1 aliphatic heterocycles. The third-order valence-electron chi connectivity index (χ3n) is 2.63. The highest BCUT2D eigenvalue weighted by Crippen LogP contribution is 2.23. The van der Waals surface area contributed by atoms with E-state index >= 15 is 0 Å². The predicted molar refractivity (Wildman–Crippen MR) is 65.7 cm³/mol. The van der Waals surface area contributed by atoms with Crippen LogP contribution in [0.2, 0.25) is 0 Å². The van der Waals surface area contributed by atoms with Gasteiger partial charge in [-0.25, -0.2) is 0 Å². The van der Waals surface area contributed by atoms with E-state index in [9.17, 15) is 5.11 Å². The first-order chi connectivity index (χ1) is 8.07. The van der Waals surface area contributed by atoms with Gasteiger partial charge in [0.2, 0.25) is 0 Å². The van der Waals surface area contributed by atoms with Crippen molar-refractivity contribution < 1.29 is 9.63 Å². The Morgan fingerprint density at radius 3 is 2.59 bits per heavy atom. The van der Waals surface area contributed by atoms with Crippen LogP contribution < -0.4 is 5.32 Å². The van der Waals surface area contributed by atoms with Gasteiger partial charge in [0.25, 0.3) is 5.89 Å². The SMILES string of the molecule is CC.CC(C)(O)c1nc(C2CCCNC2)no1. The molecule has 0 bridgehead atoms.